The van der Waals surface area contributed by atoms with Gasteiger partial charge in [0.1, 0.15) is 17.3 Å². The van der Waals surface area contributed by atoms with Crippen molar-refractivity contribution in [2.75, 3.05) is 37.7 Å². The molecule has 2 aliphatic rings. The molecule has 2 amide bonds. The largest absolute Gasteiger partial charge is 0.508 e. The Labute approximate surface area is 297 Å². The summed E-state index contributed by atoms with van der Waals surface area (Å²) in [6, 6.07) is 17.4. The van der Waals surface area contributed by atoms with E-state index in [2.05, 4.69) is 10.00 Å². The van der Waals surface area contributed by atoms with Crippen molar-refractivity contribution in [1.29, 1.82) is 0 Å². The molecule has 52 heavy (non-hydrogen) atoms. The summed E-state index contributed by atoms with van der Waals surface area (Å²) in [7, 11) is 2.74. The van der Waals surface area contributed by atoms with E-state index in [9.17, 15) is 27.9 Å². The Morgan fingerprint density at radius 2 is 1.65 bits per heavy atom. The van der Waals surface area contributed by atoms with E-state index >= 15 is 4.39 Å². The number of fused-ring (bicyclic) bond motifs is 1. The number of hydrogen-bond acceptors (Lipinski definition) is 6. The third kappa shape index (κ3) is 6.78. The molecule has 10 nitrogen and oxygen atoms in total. The third-order valence-electron chi connectivity index (χ3n) is 9.67. The van der Waals surface area contributed by atoms with E-state index in [1.165, 1.54) is 47.4 Å². The molecule has 5 aromatic rings. The molecular weight excluding hydrogens is 680 g/mol. The summed E-state index contributed by atoms with van der Waals surface area (Å²) >= 11 is 0. The van der Waals surface area contributed by atoms with Gasteiger partial charge in [-0.2, -0.15) is 18.3 Å². The number of ether oxygens (including phenoxy) is 1. The van der Waals surface area contributed by atoms with Crippen LogP contribution < -0.4 is 4.90 Å². The van der Waals surface area contributed by atoms with Crippen LogP contribution in [0.3, 0.4) is 0 Å². The third-order valence-corrected chi connectivity index (χ3v) is 9.67. The number of anilines is 2. The van der Waals surface area contributed by atoms with Gasteiger partial charge in [0.05, 0.1) is 30.7 Å². The maximum atomic E-state index is 15.1. The topological polar surface area (TPSA) is 96.1 Å². The fourth-order valence-electron chi connectivity index (χ4n) is 7.14. The summed E-state index contributed by atoms with van der Waals surface area (Å²) in [5.41, 5.74) is 0.161. The zero-order valence-corrected chi connectivity index (χ0v) is 28.5. The maximum absolute atomic E-state index is 15.1. The van der Waals surface area contributed by atoms with Gasteiger partial charge >= 0.3 is 6.18 Å². The van der Waals surface area contributed by atoms with Gasteiger partial charge in [-0.05, 0) is 66.1 Å². The average Bonchev–Trinajstić information content (AvgIpc) is 3.71. The van der Waals surface area contributed by atoms with Crippen LogP contribution in [0.5, 0.6) is 5.75 Å². The maximum Gasteiger partial charge on any atom is 0.432 e. The summed E-state index contributed by atoms with van der Waals surface area (Å²) < 4.78 is 67.7. The molecule has 4 heterocycles. The monoisotopic (exact) mass is 716 g/mol. The van der Waals surface area contributed by atoms with Gasteiger partial charge in [0.25, 0.3) is 11.8 Å². The number of amides is 2. The van der Waals surface area contributed by atoms with Crippen LogP contribution >= 0.6 is 0 Å². The normalized spacial score (nSPS) is 16.5. The second-order valence-electron chi connectivity index (χ2n) is 13.0. The smallest absolute Gasteiger partial charge is 0.432 e. The predicted molar refractivity (Wildman–Crippen MR) is 185 cm³/mol. The first kappa shape index (κ1) is 35.0. The van der Waals surface area contributed by atoms with Crippen LogP contribution in [-0.4, -0.2) is 80.0 Å². The molecule has 3 aromatic carbocycles. The second kappa shape index (κ2) is 13.9. The number of nitrogens with zero attached hydrogens (tertiary/aromatic N) is 6. The molecule has 2 aliphatic heterocycles. The number of hydrogen-bond donors (Lipinski definition) is 1. The van der Waals surface area contributed by atoms with Gasteiger partial charge in [-0.25, -0.2) is 4.39 Å². The minimum absolute atomic E-state index is 0.00346. The number of benzene rings is 3. The number of carbonyl (C=O) groups excluding carboxylic acids is 2. The van der Waals surface area contributed by atoms with E-state index in [0.29, 0.717) is 39.3 Å². The van der Waals surface area contributed by atoms with Crippen LogP contribution in [0.4, 0.5) is 28.9 Å². The number of rotatable bonds is 7. The van der Waals surface area contributed by atoms with Crippen LogP contribution in [0.2, 0.25) is 0 Å². The molecule has 1 fully saturated rings. The lowest BCUT2D eigenvalue weighted by Gasteiger charge is -2.40. The SMILES string of the molecule is Cn1cc(N(C(=O)c2cc(-c3cc(F)ccc3C(=O)N3Cc4ccccc4C[C@H]3CN3CCOCC3)n(C)c2C(F)(F)F)c2ccc(O)cc2)cn1. The molecule has 1 atom stereocenters. The van der Waals surface area contributed by atoms with Gasteiger partial charge in [-0.1, -0.05) is 24.3 Å². The molecule has 0 radical (unpaired) electrons. The van der Waals surface area contributed by atoms with Crippen molar-refractivity contribution >= 4 is 23.2 Å². The van der Waals surface area contributed by atoms with Gasteiger partial charge in [-0.15, -0.1) is 0 Å². The number of halogens is 4. The minimum atomic E-state index is -5.02. The Hall–Kier alpha value is -5.47. The fourth-order valence-corrected chi connectivity index (χ4v) is 7.14. The van der Waals surface area contributed by atoms with Crippen molar-refractivity contribution in [3.8, 4) is 17.0 Å². The van der Waals surface area contributed by atoms with E-state index in [0.717, 1.165) is 45.8 Å². The lowest BCUT2D eigenvalue weighted by atomic mass is 9.92. The molecule has 0 spiro atoms. The summed E-state index contributed by atoms with van der Waals surface area (Å²) in [6.07, 6.45) is -1.66. The molecule has 1 N–H and O–H groups in total. The Kier molecular flexibility index (Phi) is 9.36. The van der Waals surface area contributed by atoms with Gasteiger partial charge < -0.3 is 19.3 Å². The minimum Gasteiger partial charge on any atom is -0.508 e. The lowest BCUT2D eigenvalue weighted by molar-refractivity contribution is -0.143. The second-order valence-corrected chi connectivity index (χ2v) is 13.0. The highest BCUT2D eigenvalue weighted by atomic mass is 19.4. The Morgan fingerprint density at radius 3 is 2.33 bits per heavy atom. The molecule has 1 saturated heterocycles. The Balaban J connectivity index is 1.33. The highest BCUT2D eigenvalue weighted by molar-refractivity contribution is 6.12. The Morgan fingerprint density at radius 1 is 0.942 bits per heavy atom. The predicted octanol–water partition coefficient (Wildman–Crippen LogP) is 6.17. The summed E-state index contributed by atoms with van der Waals surface area (Å²) in [5.74, 6) is -2.38. The van der Waals surface area contributed by atoms with Gasteiger partial charge in [0.15, 0.2) is 0 Å². The van der Waals surface area contributed by atoms with Gasteiger partial charge in [-0.3, -0.25) is 24.1 Å². The summed E-state index contributed by atoms with van der Waals surface area (Å²) in [5, 5.41) is 14.0. The number of aromatic hydroxyl groups is 1. The van der Waals surface area contributed by atoms with Crippen molar-refractivity contribution < 1.29 is 37.0 Å². The first-order valence-corrected chi connectivity index (χ1v) is 16.8. The molecule has 0 unspecified atom stereocenters. The Bertz CT molecular complexity index is 2120. The summed E-state index contributed by atoms with van der Waals surface area (Å²) in [4.78, 5) is 34.0. The van der Waals surface area contributed by atoms with E-state index < -0.39 is 35.1 Å². The number of phenols is 1. The molecule has 0 saturated carbocycles. The number of alkyl halides is 3. The first-order valence-electron chi connectivity index (χ1n) is 16.8. The number of morpholine rings is 1. The van der Waals surface area contributed by atoms with E-state index in [1.807, 2.05) is 24.3 Å². The van der Waals surface area contributed by atoms with Crippen molar-refractivity contribution in [1.82, 2.24) is 24.1 Å². The molecule has 2 aromatic heterocycles. The lowest BCUT2D eigenvalue weighted by Crippen LogP contribution is -2.52. The van der Waals surface area contributed by atoms with Crippen LogP contribution in [0, 0.1) is 5.82 Å². The number of phenolic OH excluding ortho intramolecular Hbond substituents is 1. The molecular formula is C38H36F4N6O4. The van der Waals surface area contributed by atoms with Crippen LogP contribution in [0.1, 0.15) is 37.5 Å². The standard InChI is InChI=1S/C38H36F4N6O4/c1-44-22-29(20-43-44)48(27-8-10-30(49)11-9-27)37(51)33-19-34(45(2)35(33)38(40,41)42)32-18-26(39)7-12-31(32)36(50)47-21-25-6-4-3-5-24(25)17-28(47)23-46-13-15-52-16-14-46/h3-12,18-20,22,28,49H,13-17,21,23H2,1-2H3/t28-/m0/s1. The average molecular weight is 717 g/mol. The molecule has 0 aliphatic carbocycles. The number of aryl methyl sites for hydroxylation is 1. The highest BCUT2D eigenvalue weighted by Crippen LogP contribution is 2.41. The van der Waals surface area contributed by atoms with Crippen LogP contribution in [0.25, 0.3) is 11.3 Å². The summed E-state index contributed by atoms with van der Waals surface area (Å²) in [6.45, 7) is 3.35. The van der Waals surface area contributed by atoms with Crippen LogP contribution in [0.15, 0.2) is 85.2 Å². The molecule has 0 bridgehead atoms. The van der Waals surface area contributed by atoms with Crippen molar-refractivity contribution in [2.24, 2.45) is 14.1 Å². The van der Waals surface area contributed by atoms with Gasteiger partial charge in [0.2, 0.25) is 0 Å². The van der Waals surface area contributed by atoms with Crippen molar-refractivity contribution in [3.63, 3.8) is 0 Å². The van der Waals surface area contributed by atoms with Crippen LogP contribution in [-0.2, 0) is 38.0 Å². The zero-order chi connectivity index (χ0) is 36.7. The quantitative estimate of drug-likeness (QED) is 0.203. The van der Waals surface area contributed by atoms with Crippen molar-refractivity contribution in [3.05, 3.63) is 119 Å². The van der Waals surface area contributed by atoms with E-state index in [-0.39, 0.29) is 46.5 Å². The fraction of sp³-hybridized carbons (Fsp3) is 0.289. The number of carbonyl (C=O) groups is 2. The van der Waals surface area contributed by atoms with Gasteiger partial charge in [0, 0.05) is 75.0 Å². The first-order chi connectivity index (χ1) is 24.9. The number of aromatic nitrogens is 3. The molecule has 14 heteroatoms. The molecule has 270 valence electrons. The zero-order valence-electron chi connectivity index (χ0n) is 28.5. The van der Waals surface area contributed by atoms with E-state index in [4.69, 9.17) is 4.74 Å². The highest BCUT2D eigenvalue weighted by Gasteiger charge is 2.42. The molecule has 7 rings (SSSR count). The van der Waals surface area contributed by atoms with Crippen molar-refractivity contribution in [2.45, 2.75) is 25.2 Å². The van der Waals surface area contributed by atoms with E-state index in [1.54, 1.807) is 11.9 Å².